The molecule has 0 radical (unpaired) electrons. The highest BCUT2D eigenvalue weighted by molar-refractivity contribution is 5.86. The normalized spacial score (nSPS) is 20.9. The van der Waals surface area contributed by atoms with E-state index >= 15 is 0 Å². The fourth-order valence-corrected chi connectivity index (χ4v) is 5.32. The Morgan fingerprint density at radius 3 is 2.32 bits per heavy atom. The number of hydrogen-bond donors (Lipinski definition) is 0. The summed E-state index contributed by atoms with van der Waals surface area (Å²) in [7, 11) is 0. The van der Waals surface area contributed by atoms with Gasteiger partial charge >= 0.3 is 0 Å². The van der Waals surface area contributed by atoms with Crippen LogP contribution in [0.1, 0.15) is 62.8 Å². The third-order valence-corrected chi connectivity index (χ3v) is 7.52. The van der Waals surface area contributed by atoms with Gasteiger partial charge in [-0.25, -0.2) is 10.1 Å². The van der Waals surface area contributed by atoms with Crippen molar-refractivity contribution in [3.63, 3.8) is 0 Å². The molecule has 5 rings (SSSR count). The van der Waals surface area contributed by atoms with E-state index in [0.29, 0.717) is 17.1 Å². The fraction of sp³-hybridized carbons (Fsp3) is 0.333. The molecule has 34 heavy (non-hydrogen) atoms. The number of nitriles is 1. The average molecular weight is 448 g/mol. The Labute approximate surface area is 202 Å². The Kier molecular flexibility index (Phi) is 5.14. The van der Waals surface area contributed by atoms with Gasteiger partial charge in [0.1, 0.15) is 11.5 Å². The zero-order valence-electron chi connectivity index (χ0n) is 20.3. The Hall–Kier alpha value is -3.76. The number of ether oxygens (including phenoxy) is 1. The van der Waals surface area contributed by atoms with Crippen LogP contribution in [0.15, 0.2) is 60.0 Å². The van der Waals surface area contributed by atoms with E-state index in [2.05, 4.69) is 55.6 Å². The lowest BCUT2D eigenvalue weighted by molar-refractivity contribution is 0.401. The zero-order valence-corrected chi connectivity index (χ0v) is 20.3. The second-order valence-corrected chi connectivity index (χ2v) is 10.7. The van der Waals surface area contributed by atoms with Crippen molar-refractivity contribution >= 4 is 17.3 Å². The Bertz CT molecular complexity index is 1300. The third kappa shape index (κ3) is 3.61. The van der Waals surface area contributed by atoms with Crippen LogP contribution in [0.25, 0.3) is 16.5 Å². The highest BCUT2D eigenvalue weighted by Gasteiger charge is 2.39. The first kappa shape index (κ1) is 22.1. The van der Waals surface area contributed by atoms with Crippen molar-refractivity contribution in [3.05, 3.63) is 93.7 Å². The molecule has 0 saturated heterocycles. The minimum Gasteiger partial charge on any atom is -0.457 e. The molecule has 3 aliphatic heterocycles. The van der Waals surface area contributed by atoms with Crippen molar-refractivity contribution in [2.75, 3.05) is 18.0 Å². The molecule has 0 aliphatic carbocycles. The topological polar surface area (TPSA) is 40.6 Å². The predicted octanol–water partition coefficient (Wildman–Crippen LogP) is 7.00. The Morgan fingerprint density at radius 1 is 1.06 bits per heavy atom. The molecule has 0 unspecified atom stereocenters. The number of rotatable bonds is 2. The number of anilines is 1. The van der Waals surface area contributed by atoms with Crippen LogP contribution in [-0.4, -0.2) is 13.1 Å². The molecule has 0 N–H and O–H groups in total. The van der Waals surface area contributed by atoms with E-state index in [1.807, 2.05) is 36.4 Å². The first-order chi connectivity index (χ1) is 16.2. The lowest BCUT2D eigenvalue weighted by atomic mass is 9.69. The molecule has 0 spiro atoms. The van der Waals surface area contributed by atoms with Crippen LogP contribution in [0.3, 0.4) is 0 Å². The Balaban J connectivity index is 1.59. The summed E-state index contributed by atoms with van der Waals surface area (Å²) in [6.45, 7) is 19.1. The molecule has 4 nitrogen and oxygen atoms in total. The van der Waals surface area contributed by atoms with E-state index in [-0.39, 0.29) is 16.5 Å². The molecule has 3 heterocycles. The second kappa shape index (κ2) is 7.93. The zero-order chi connectivity index (χ0) is 24.1. The molecule has 0 fully saturated rings. The maximum atomic E-state index is 9.48. The lowest BCUT2D eigenvalue weighted by Gasteiger charge is -2.48. The summed E-state index contributed by atoms with van der Waals surface area (Å²) in [5.41, 5.74) is 7.15. The lowest BCUT2D eigenvalue weighted by Crippen LogP contribution is -2.44. The second-order valence-electron chi connectivity index (χ2n) is 10.7. The van der Waals surface area contributed by atoms with Crippen LogP contribution < -0.4 is 9.64 Å². The molecule has 170 valence electrons. The summed E-state index contributed by atoms with van der Waals surface area (Å²) in [6, 6.07) is 14.2. The van der Waals surface area contributed by atoms with E-state index in [1.165, 1.54) is 16.8 Å². The van der Waals surface area contributed by atoms with Gasteiger partial charge in [0.15, 0.2) is 0 Å². The van der Waals surface area contributed by atoms with Crippen LogP contribution in [0.2, 0.25) is 0 Å². The van der Waals surface area contributed by atoms with Gasteiger partial charge in [-0.15, -0.1) is 0 Å². The smallest absolute Gasteiger partial charge is 0.269 e. The Morgan fingerprint density at radius 2 is 1.71 bits per heavy atom. The van der Waals surface area contributed by atoms with Gasteiger partial charge in [0.05, 0.1) is 12.6 Å². The van der Waals surface area contributed by atoms with Crippen LogP contribution in [0, 0.1) is 17.9 Å². The highest BCUT2D eigenvalue weighted by Crippen LogP contribution is 2.49. The molecule has 4 heteroatoms. The number of benzene rings is 2. The van der Waals surface area contributed by atoms with Crippen LogP contribution in [0.5, 0.6) is 5.75 Å². The summed E-state index contributed by atoms with van der Waals surface area (Å²) in [4.78, 5) is 6.01. The highest BCUT2D eigenvalue weighted by atomic mass is 16.5. The maximum Gasteiger partial charge on any atom is 0.269 e. The van der Waals surface area contributed by atoms with Crippen LogP contribution in [0.4, 0.5) is 5.69 Å². The molecule has 2 aromatic rings. The van der Waals surface area contributed by atoms with Crippen molar-refractivity contribution in [2.24, 2.45) is 0 Å². The van der Waals surface area contributed by atoms with Crippen molar-refractivity contribution in [2.45, 2.75) is 51.4 Å². The summed E-state index contributed by atoms with van der Waals surface area (Å²) in [5.74, 6) is 1.28. The molecular weight excluding hydrogens is 418 g/mol. The summed E-state index contributed by atoms with van der Waals surface area (Å²) < 4.78 is 6.12. The third-order valence-electron chi connectivity index (χ3n) is 7.52. The number of fused-ring (bicyclic) bond motifs is 1. The predicted molar refractivity (Wildman–Crippen MR) is 137 cm³/mol. The molecule has 0 saturated carbocycles. The average Bonchev–Trinajstić information content (AvgIpc) is 2.82. The van der Waals surface area contributed by atoms with Crippen LogP contribution >= 0.6 is 0 Å². The molecule has 0 bridgehead atoms. The molecule has 0 aromatic heterocycles. The van der Waals surface area contributed by atoms with Crippen molar-refractivity contribution in [1.29, 1.82) is 5.26 Å². The van der Waals surface area contributed by atoms with Gasteiger partial charge in [0.25, 0.3) is 5.70 Å². The first-order valence-corrected chi connectivity index (χ1v) is 11.9. The largest absolute Gasteiger partial charge is 0.457 e. The van der Waals surface area contributed by atoms with Crippen molar-refractivity contribution in [1.82, 2.24) is 0 Å². The molecular formula is C30H29N3O. The maximum absolute atomic E-state index is 9.48. The van der Waals surface area contributed by atoms with Gasteiger partial charge in [-0.2, -0.15) is 0 Å². The van der Waals surface area contributed by atoms with E-state index in [4.69, 9.17) is 11.3 Å². The minimum atomic E-state index is 0.0726. The van der Waals surface area contributed by atoms with Gasteiger partial charge in [-0.1, -0.05) is 52.0 Å². The summed E-state index contributed by atoms with van der Waals surface area (Å²) in [6.07, 6.45) is 8.15. The SMILES string of the molecule is [C-]#[N+]C(C#N)=C1C=C(C=Cc2cc3c4c(c2)C(C)(C)CCN4CCC3(C)C)Oc2ccccc21. The van der Waals surface area contributed by atoms with E-state index < -0.39 is 0 Å². The van der Waals surface area contributed by atoms with Crippen molar-refractivity contribution < 1.29 is 4.74 Å². The van der Waals surface area contributed by atoms with Crippen molar-refractivity contribution in [3.8, 4) is 11.8 Å². The molecule has 0 amide bonds. The number of nitrogens with zero attached hydrogens (tertiary/aromatic N) is 3. The van der Waals surface area contributed by atoms with E-state index in [9.17, 15) is 5.26 Å². The van der Waals surface area contributed by atoms with E-state index in [1.54, 1.807) is 6.08 Å². The fourth-order valence-electron chi connectivity index (χ4n) is 5.32. The van der Waals surface area contributed by atoms with Gasteiger partial charge in [0, 0.05) is 29.9 Å². The van der Waals surface area contributed by atoms with Gasteiger partial charge in [0.2, 0.25) is 0 Å². The minimum absolute atomic E-state index is 0.0726. The molecule has 3 aliphatic rings. The monoisotopic (exact) mass is 447 g/mol. The number of allylic oxidation sites excluding steroid dienone is 4. The van der Waals surface area contributed by atoms with Gasteiger partial charge in [-0.05, 0) is 70.7 Å². The summed E-state index contributed by atoms with van der Waals surface area (Å²) >= 11 is 0. The summed E-state index contributed by atoms with van der Waals surface area (Å²) in [5, 5.41) is 9.48. The standard InChI is InChI=1S/C30H29N3O/c1-29(2)12-14-33-15-13-30(3,4)25-17-20(16-24(29)28(25)33)10-11-21-18-23(26(19-31)32-5)22-8-6-7-9-27(22)34-21/h6-11,16-18H,12-15H2,1-4H3. The number of para-hydroxylation sites is 1. The first-order valence-electron chi connectivity index (χ1n) is 11.9. The van der Waals surface area contributed by atoms with Gasteiger partial charge < -0.3 is 9.64 Å². The molecule has 0 atom stereocenters. The number of hydrogen-bond acceptors (Lipinski definition) is 3. The quantitative estimate of drug-likeness (QED) is 0.368. The van der Waals surface area contributed by atoms with Crippen LogP contribution in [-0.2, 0) is 10.8 Å². The molecule has 2 aromatic carbocycles. The van der Waals surface area contributed by atoms with E-state index in [0.717, 1.165) is 37.1 Å². The van der Waals surface area contributed by atoms with Gasteiger partial charge in [-0.3, -0.25) is 0 Å².